The van der Waals surface area contributed by atoms with E-state index >= 15 is 0 Å². The van der Waals surface area contributed by atoms with Crippen LogP contribution in [0.4, 0.5) is 11.9 Å². The van der Waals surface area contributed by atoms with Crippen molar-refractivity contribution in [2.24, 2.45) is 0 Å². The fourth-order valence-corrected chi connectivity index (χ4v) is 3.73. The van der Waals surface area contributed by atoms with Crippen LogP contribution < -0.4 is 19.7 Å². The Kier molecular flexibility index (Phi) is 5.40. The molecule has 10 heteroatoms. The number of ether oxygens (including phenoxy) is 2. The number of amides is 1. The molecule has 164 valence electrons. The van der Waals surface area contributed by atoms with Gasteiger partial charge in [0.2, 0.25) is 18.7 Å². The molecule has 10 nitrogen and oxygen atoms in total. The van der Waals surface area contributed by atoms with E-state index in [4.69, 9.17) is 9.47 Å². The van der Waals surface area contributed by atoms with Gasteiger partial charge in [0.1, 0.15) is 0 Å². The second kappa shape index (κ2) is 8.66. The van der Waals surface area contributed by atoms with Crippen LogP contribution in [0.2, 0.25) is 0 Å². The number of hydrogen-bond donors (Lipinski definition) is 1. The molecular formula is C22H23N7O3. The van der Waals surface area contributed by atoms with Crippen LogP contribution in [0, 0.1) is 6.92 Å². The van der Waals surface area contributed by atoms with Crippen LogP contribution in [0.15, 0.2) is 42.9 Å². The number of rotatable bonds is 5. The second-order valence-electron chi connectivity index (χ2n) is 7.56. The molecule has 0 bridgehead atoms. The minimum atomic E-state index is -0.0570. The summed E-state index contributed by atoms with van der Waals surface area (Å²) in [5, 5.41) is 3.20. The molecule has 0 unspecified atom stereocenters. The maximum atomic E-state index is 13.0. The predicted octanol–water partition coefficient (Wildman–Crippen LogP) is 1.88. The molecule has 0 saturated carbocycles. The van der Waals surface area contributed by atoms with E-state index in [1.165, 1.54) is 0 Å². The first kappa shape index (κ1) is 20.0. The summed E-state index contributed by atoms with van der Waals surface area (Å²) < 4.78 is 10.7. The zero-order valence-corrected chi connectivity index (χ0v) is 17.7. The fourth-order valence-electron chi connectivity index (χ4n) is 3.73. The van der Waals surface area contributed by atoms with Gasteiger partial charge in [-0.15, -0.1) is 0 Å². The molecule has 2 aromatic heterocycles. The Hall–Kier alpha value is -3.95. The Bertz CT molecular complexity index is 1120. The van der Waals surface area contributed by atoms with Crippen LogP contribution in [0.5, 0.6) is 11.5 Å². The number of aryl methyl sites for hydroxylation is 1. The van der Waals surface area contributed by atoms with E-state index in [1.807, 2.05) is 30.0 Å². The summed E-state index contributed by atoms with van der Waals surface area (Å²) in [7, 11) is 0. The van der Waals surface area contributed by atoms with Crippen LogP contribution in [-0.2, 0) is 6.54 Å². The Morgan fingerprint density at radius 2 is 1.84 bits per heavy atom. The van der Waals surface area contributed by atoms with Gasteiger partial charge in [0.15, 0.2) is 11.5 Å². The van der Waals surface area contributed by atoms with Gasteiger partial charge >= 0.3 is 0 Å². The zero-order chi connectivity index (χ0) is 21.9. The molecule has 0 radical (unpaired) electrons. The zero-order valence-electron chi connectivity index (χ0n) is 17.7. The van der Waals surface area contributed by atoms with Crippen molar-refractivity contribution in [2.75, 3.05) is 43.2 Å². The van der Waals surface area contributed by atoms with Crippen LogP contribution >= 0.6 is 0 Å². The van der Waals surface area contributed by atoms with E-state index in [2.05, 4.69) is 30.2 Å². The largest absolute Gasteiger partial charge is 0.454 e. The van der Waals surface area contributed by atoms with Crippen molar-refractivity contribution in [3.8, 4) is 11.5 Å². The third-order valence-corrected chi connectivity index (χ3v) is 5.50. The van der Waals surface area contributed by atoms with Crippen molar-refractivity contribution < 1.29 is 14.3 Å². The molecule has 1 amide bonds. The average Bonchev–Trinajstić information content (AvgIpc) is 3.31. The standard InChI is InChI=1S/C22H23N7O3/c1-15-17(20(30)28-7-9-29(10-8-28)22-23-5-2-6-24-22)13-26-21(27-15)25-12-16-3-4-18-19(11-16)32-14-31-18/h2-6,11,13H,7-10,12,14H2,1H3,(H,25,26,27). The molecule has 5 rings (SSSR count). The van der Waals surface area contributed by atoms with Crippen LogP contribution in [0.3, 0.4) is 0 Å². The van der Waals surface area contributed by atoms with Gasteiger partial charge in [0, 0.05) is 51.3 Å². The number of anilines is 2. The topological polar surface area (TPSA) is 106 Å². The molecule has 1 fully saturated rings. The summed E-state index contributed by atoms with van der Waals surface area (Å²) in [6, 6.07) is 7.57. The summed E-state index contributed by atoms with van der Waals surface area (Å²) in [5.74, 6) is 2.60. The van der Waals surface area contributed by atoms with Gasteiger partial charge in [-0.1, -0.05) is 6.07 Å². The Morgan fingerprint density at radius 1 is 1.06 bits per heavy atom. The molecule has 1 N–H and O–H groups in total. The van der Waals surface area contributed by atoms with Crippen LogP contribution in [-0.4, -0.2) is 63.7 Å². The SMILES string of the molecule is Cc1nc(NCc2ccc3c(c2)OCO3)ncc1C(=O)N1CCN(c2ncccn2)CC1. The Morgan fingerprint density at radius 3 is 2.62 bits per heavy atom. The lowest BCUT2D eigenvalue weighted by atomic mass is 10.2. The van der Waals surface area contributed by atoms with E-state index in [9.17, 15) is 4.79 Å². The first-order chi connectivity index (χ1) is 15.7. The lowest BCUT2D eigenvalue weighted by molar-refractivity contribution is 0.0744. The van der Waals surface area contributed by atoms with Gasteiger partial charge in [0.05, 0.1) is 11.3 Å². The first-order valence-electron chi connectivity index (χ1n) is 10.4. The lowest BCUT2D eigenvalue weighted by Crippen LogP contribution is -2.49. The van der Waals surface area contributed by atoms with E-state index < -0.39 is 0 Å². The Labute approximate surface area is 185 Å². The number of fused-ring (bicyclic) bond motifs is 1. The van der Waals surface area contributed by atoms with Crippen molar-refractivity contribution in [2.45, 2.75) is 13.5 Å². The lowest BCUT2D eigenvalue weighted by Gasteiger charge is -2.34. The van der Waals surface area contributed by atoms with Gasteiger partial charge in [-0.05, 0) is 30.7 Å². The van der Waals surface area contributed by atoms with E-state index in [-0.39, 0.29) is 12.7 Å². The minimum Gasteiger partial charge on any atom is -0.454 e. The number of carbonyl (C=O) groups is 1. The molecule has 2 aliphatic heterocycles. The summed E-state index contributed by atoms with van der Waals surface area (Å²) in [6.07, 6.45) is 5.05. The molecule has 2 aliphatic rings. The maximum absolute atomic E-state index is 13.0. The third-order valence-electron chi connectivity index (χ3n) is 5.50. The highest BCUT2D eigenvalue weighted by atomic mass is 16.7. The van der Waals surface area contributed by atoms with Gasteiger partial charge in [-0.3, -0.25) is 4.79 Å². The summed E-state index contributed by atoms with van der Waals surface area (Å²) in [6.45, 7) is 5.18. The van der Waals surface area contributed by atoms with Crippen LogP contribution in [0.1, 0.15) is 21.6 Å². The number of hydrogen-bond acceptors (Lipinski definition) is 9. The first-order valence-corrected chi connectivity index (χ1v) is 10.4. The number of piperazine rings is 1. The van der Waals surface area contributed by atoms with Gasteiger partial charge in [-0.25, -0.2) is 19.9 Å². The van der Waals surface area contributed by atoms with E-state index in [0.29, 0.717) is 55.9 Å². The van der Waals surface area contributed by atoms with Gasteiger partial charge < -0.3 is 24.6 Å². The predicted molar refractivity (Wildman–Crippen MR) is 117 cm³/mol. The number of nitrogens with zero attached hydrogens (tertiary/aromatic N) is 6. The maximum Gasteiger partial charge on any atom is 0.257 e. The summed E-state index contributed by atoms with van der Waals surface area (Å²) >= 11 is 0. The number of benzene rings is 1. The normalized spacial score (nSPS) is 15.0. The molecule has 1 saturated heterocycles. The quantitative estimate of drug-likeness (QED) is 0.645. The third kappa shape index (κ3) is 4.11. The van der Waals surface area contributed by atoms with E-state index in [0.717, 1.165) is 17.1 Å². The molecule has 0 aliphatic carbocycles. The van der Waals surface area contributed by atoms with Crippen molar-refractivity contribution in [3.63, 3.8) is 0 Å². The average molecular weight is 433 g/mol. The van der Waals surface area contributed by atoms with Crippen molar-refractivity contribution >= 4 is 17.8 Å². The number of carbonyl (C=O) groups excluding carboxylic acids is 1. The highest BCUT2D eigenvalue weighted by Crippen LogP contribution is 2.32. The number of nitrogens with one attached hydrogen (secondary N) is 1. The van der Waals surface area contributed by atoms with E-state index in [1.54, 1.807) is 24.7 Å². The smallest absolute Gasteiger partial charge is 0.257 e. The molecule has 32 heavy (non-hydrogen) atoms. The Balaban J connectivity index is 1.19. The molecule has 1 aromatic carbocycles. The molecule has 4 heterocycles. The molecule has 0 atom stereocenters. The van der Waals surface area contributed by atoms with Crippen molar-refractivity contribution in [1.29, 1.82) is 0 Å². The van der Waals surface area contributed by atoms with Crippen molar-refractivity contribution in [3.05, 3.63) is 59.7 Å². The number of aromatic nitrogens is 4. The van der Waals surface area contributed by atoms with Gasteiger partial charge in [-0.2, -0.15) is 0 Å². The molecular weight excluding hydrogens is 410 g/mol. The minimum absolute atomic E-state index is 0.0570. The highest BCUT2D eigenvalue weighted by Gasteiger charge is 2.25. The fraction of sp³-hybridized carbons (Fsp3) is 0.318. The highest BCUT2D eigenvalue weighted by molar-refractivity contribution is 5.95. The van der Waals surface area contributed by atoms with Gasteiger partial charge in [0.25, 0.3) is 5.91 Å². The second-order valence-corrected chi connectivity index (χ2v) is 7.56. The van der Waals surface area contributed by atoms with Crippen molar-refractivity contribution in [1.82, 2.24) is 24.8 Å². The van der Waals surface area contributed by atoms with Crippen LogP contribution in [0.25, 0.3) is 0 Å². The molecule has 3 aromatic rings. The monoisotopic (exact) mass is 433 g/mol. The molecule has 0 spiro atoms. The summed E-state index contributed by atoms with van der Waals surface area (Å²) in [4.78, 5) is 34.3. The summed E-state index contributed by atoms with van der Waals surface area (Å²) in [5.41, 5.74) is 2.19.